The molecular weight excluding hydrogens is 224 g/mol. The number of benzene rings is 1. The Morgan fingerprint density at radius 1 is 1.22 bits per heavy atom. The number of hydrogen-bond donors (Lipinski definition) is 2. The summed E-state index contributed by atoms with van der Waals surface area (Å²) in [7, 11) is 0. The second-order valence-corrected chi connectivity index (χ2v) is 5.63. The van der Waals surface area contributed by atoms with E-state index in [9.17, 15) is 0 Å². The Bertz CT molecular complexity index is 338. The van der Waals surface area contributed by atoms with Crippen molar-refractivity contribution < 1.29 is 4.74 Å². The average Bonchev–Trinajstić information content (AvgIpc) is 2.36. The molecule has 0 heterocycles. The third kappa shape index (κ3) is 4.77. The first-order chi connectivity index (χ1) is 8.45. The number of nitrogens with two attached hydrogens (primary N) is 2. The van der Waals surface area contributed by atoms with Crippen LogP contribution < -0.4 is 11.5 Å². The van der Waals surface area contributed by atoms with Gasteiger partial charge in [-0.15, -0.1) is 0 Å². The van der Waals surface area contributed by atoms with Gasteiger partial charge in [-0.05, 0) is 24.3 Å². The number of ether oxygens (including phenoxy) is 1. The van der Waals surface area contributed by atoms with Crippen LogP contribution in [0, 0.1) is 5.41 Å². The van der Waals surface area contributed by atoms with E-state index < -0.39 is 0 Å². The quantitative estimate of drug-likeness (QED) is 0.780. The summed E-state index contributed by atoms with van der Waals surface area (Å²) in [6.45, 7) is 7.63. The highest BCUT2D eigenvalue weighted by atomic mass is 16.5. The molecule has 0 aliphatic rings. The highest BCUT2D eigenvalue weighted by Gasteiger charge is 2.28. The van der Waals surface area contributed by atoms with Crippen molar-refractivity contribution in [3.63, 3.8) is 0 Å². The maximum absolute atomic E-state index is 5.94. The molecule has 2 atom stereocenters. The van der Waals surface area contributed by atoms with Gasteiger partial charge in [-0.3, -0.25) is 0 Å². The molecule has 0 aliphatic heterocycles. The molecular formula is C15H26N2O. The summed E-state index contributed by atoms with van der Waals surface area (Å²) in [5.41, 5.74) is 12.7. The molecule has 0 saturated heterocycles. The average molecular weight is 250 g/mol. The molecule has 18 heavy (non-hydrogen) atoms. The molecule has 0 aliphatic carbocycles. The van der Waals surface area contributed by atoms with Crippen LogP contribution in [0.4, 0.5) is 0 Å². The predicted molar refractivity (Wildman–Crippen MR) is 76.1 cm³/mol. The van der Waals surface area contributed by atoms with Gasteiger partial charge < -0.3 is 16.2 Å². The molecule has 0 saturated carbocycles. The lowest BCUT2D eigenvalue weighted by Gasteiger charge is -2.33. The van der Waals surface area contributed by atoms with Crippen molar-refractivity contribution in [2.24, 2.45) is 16.9 Å². The smallest absolute Gasteiger partial charge is 0.0720 e. The topological polar surface area (TPSA) is 61.3 Å². The van der Waals surface area contributed by atoms with Crippen molar-refractivity contribution in [2.45, 2.75) is 45.9 Å². The fourth-order valence-corrected chi connectivity index (χ4v) is 1.95. The summed E-state index contributed by atoms with van der Waals surface area (Å²) in [5, 5.41) is 0. The van der Waals surface area contributed by atoms with Crippen LogP contribution in [-0.2, 0) is 11.3 Å². The lowest BCUT2D eigenvalue weighted by atomic mass is 9.81. The van der Waals surface area contributed by atoms with Gasteiger partial charge >= 0.3 is 0 Å². The molecule has 0 aromatic heterocycles. The van der Waals surface area contributed by atoms with Gasteiger partial charge in [0.2, 0.25) is 0 Å². The van der Waals surface area contributed by atoms with Gasteiger partial charge in [0, 0.05) is 12.6 Å². The Kier molecular flexibility index (Phi) is 5.79. The molecule has 1 aromatic rings. The molecule has 2 unspecified atom stereocenters. The van der Waals surface area contributed by atoms with Crippen LogP contribution in [0.3, 0.4) is 0 Å². The highest BCUT2D eigenvalue weighted by molar-refractivity contribution is 5.13. The maximum Gasteiger partial charge on any atom is 0.0720 e. The van der Waals surface area contributed by atoms with E-state index in [1.807, 2.05) is 18.2 Å². The Hall–Kier alpha value is -0.900. The summed E-state index contributed by atoms with van der Waals surface area (Å²) in [5.74, 6) is 0. The van der Waals surface area contributed by atoms with E-state index in [0.717, 1.165) is 6.42 Å². The van der Waals surface area contributed by atoms with Crippen LogP contribution in [0.15, 0.2) is 30.3 Å². The summed E-state index contributed by atoms with van der Waals surface area (Å²) in [6, 6.07) is 10.3. The van der Waals surface area contributed by atoms with Crippen molar-refractivity contribution in [1.29, 1.82) is 0 Å². The Morgan fingerprint density at radius 2 is 1.83 bits per heavy atom. The molecule has 0 radical (unpaired) electrons. The van der Waals surface area contributed by atoms with E-state index in [-0.39, 0.29) is 17.6 Å². The molecule has 4 N–H and O–H groups in total. The second kappa shape index (κ2) is 6.88. The Morgan fingerprint density at radius 3 is 2.39 bits per heavy atom. The largest absolute Gasteiger partial charge is 0.373 e. The summed E-state index contributed by atoms with van der Waals surface area (Å²) >= 11 is 0. The first kappa shape index (κ1) is 15.2. The van der Waals surface area contributed by atoms with Gasteiger partial charge in [0.1, 0.15) is 0 Å². The minimum atomic E-state index is 0.0353. The van der Waals surface area contributed by atoms with Gasteiger partial charge in [-0.1, -0.05) is 44.2 Å². The normalized spacial score (nSPS) is 15.4. The van der Waals surface area contributed by atoms with Crippen LogP contribution in [0.1, 0.15) is 32.8 Å². The lowest BCUT2D eigenvalue weighted by Crippen LogP contribution is -2.39. The fourth-order valence-electron chi connectivity index (χ4n) is 1.95. The maximum atomic E-state index is 5.94. The predicted octanol–water partition coefficient (Wildman–Crippen LogP) is 2.29. The van der Waals surface area contributed by atoms with Crippen LogP contribution >= 0.6 is 0 Å². The molecule has 102 valence electrons. The molecule has 0 amide bonds. The van der Waals surface area contributed by atoms with Crippen LogP contribution in [0.5, 0.6) is 0 Å². The molecule has 0 fully saturated rings. The highest BCUT2D eigenvalue weighted by Crippen LogP contribution is 2.29. The zero-order chi connectivity index (χ0) is 13.6. The monoisotopic (exact) mass is 250 g/mol. The Balaban J connectivity index is 2.46. The van der Waals surface area contributed by atoms with E-state index in [0.29, 0.717) is 13.2 Å². The summed E-state index contributed by atoms with van der Waals surface area (Å²) < 4.78 is 5.94. The van der Waals surface area contributed by atoms with E-state index in [2.05, 4.69) is 32.9 Å². The Labute approximate surface area is 111 Å². The van der Waals surface area contributed by atoms with Crippen LogP contribution in [0.25, 0.3) is 0 Å². The van der Waals surface area contributed by atoms with Crippen molar-refractivity contribution >= 4 is 0 Å². The third-order valence-corrected chi connectivity index (χ3v) is 3.53. The minimum absolute atomic E-state index is 0.0353. The molecule has 3 nitrogen and oxygen atoms in total. The van der Waals surface area contributed by atoms with Gasteiger partial charge in [0.15, 0.2) is 0 Å². The van der Waals surface area contributed by atoms with Gasteiger partial charge in [0.25, 0.3) is 0 Å². The fraction of sp³-hybridized carbons (Fsp3) is 0.600. The van der Waals surface area contributed by atoms with Crippen molar-refractivity contribution in [2.75, 3.05) is 6.54 Å². The standard InChI is InChI=1S/C15H26N2O/c1-12(15(2,3)9-14(17)10-16)18-11-13-7-5-4-6-8-13/h4-8,12,14H,9-11,16-17H2,1-3H3. The molecule has 3 heteroatoms. The SMILES string of the molecule is CC(OCc1ccccc1)C(C)(C)CC(N)CN. The summed E-state index contributed by atoms with van der Waals surface area (Å²) in [6.07, 6.45) is 1.02. The van der Waals surface area contributed by atoms with E-state index >= 15 is 0 Å². The van der Waals surface area contributed by atoms with Crippen LogP contribution in [0.2, 0.25) is 0 Å². The zero-order valence-corrected chi connectivity index (χ0v) is 11.7. The van der Waals surface area contributed by atoms with Gasteiger partial charge in [-0.25, -0.2) is 0 Å². The lowest BCUT2D eigenvalue weighted by molar-refractivity contribution is -0.0291. The summed E-state index contributed by atoms with van der Waals surface area (Å²) in [4.78, 5) is 0. The molecule has 0 bridgehead atoms. The zero-order valence-electron chi connectivity index (χ0n) is 11.7. The van der Waals surface area contributed by atoms with Crippen molar-refractivity contribution in [3.8, 4) is 0 Å². The first-order valence-electron chi connectivity index (χ1n) is 6.57. The number of hydrogen-bond acceptors (Lipinski definition) is 3. The van der Waals surface area contributed by atoms with Crippen LogP contribution in [-0.4, -0.2) is 18.7 Å². The molecule has 1 rings (SSSR count). The first-order valence-corrected chi connectivity index (χ1v) is 6.57. The molecule has 1 aromatic carbocycles. The van der Waals surface area contributed by atoms with Crippen molar-refractivity contribution in [3.05, 3.63) is 35.9 Å². The molecule has 0 spiro atoms. The third-order valence-electron chi connectivity index (χ3n) is 3.53. The van der Waals surface area contributed by atoms with Gasteiger partial charge in [-0.2, -0.15) is 0 Å². The minimum Gasteiger partial charge on any atom is -0.373 e. The second-order valence-electron chi connectivity index (χ2n) is 5.63. The van der Waals surface area contributed by atoms with Gasteiger partial charge in [0.05, 0.1) is 12.7 Å². The van der Waals surface area contributed by atoms with E-state index in [1.54, 1.807) is 0 Å². The van der Waals surface area contributed by atoms with E-state index in [4.69, 9.17) is 16.2 Å². The van der Waals surface area contributed by atoms with E-state index in [1.165, 1.54) is 5.56 Å². The van der Waals surface area contributed by atoms with Crippen molar-refractivity contribution in [1.82, 2.24) is 0 Å². The number of rotatable bonds is 7.